The molecule has 1 aliphatic heterocycles. The molecule has 2 rings (SSSR count). The molecular weight excluding hydrogens is 430 g/mol. The van der Waals surface area contributed by atoms with Gasteiger partial charge in [0.25, 0.3) is 5.91 Å². The lowest BCUT2D eigenvalue weighted by atomic mass is 9.73. The van der Waals surface area contributed by atoms with Crippen molar-refractivity contribution in [2.24, 2.45) is 10.4 Å². The molecule has 0 aromatic heterocycles. The summed E-state index contributed by atoms with van der Waals surface area (Å²) >= 11 is 0. The molecule has 0 radical (unpaired) electrons. The first-order valence-electron chi connectivity index (χ1n) is 12.5. The minimum atomic E-state index is -0.663. The number of aliphatic hydroxyl groups is 1. The summed E-state index contributed by atoms with van der Waals surface area (Å²) in [6, 6.07) is -0.464. The Morgan fingerprint density at radius 1 is 1.24 bits per heavy atom. The molecule has 1 aliphatic carbocycles. The lowest BCUT2D eigenvalue weighted by molar-refractivity contribution is -0.140. The zero-order valence-electron chi connectivity index (χ0n) is 22.1. The van der Waals surface area contributed by atoms with Gasteiger partial charge in [-0.15, -0.1) is 0 Å². The first kappa shape index (κ1) is 28.0. The fourth-order valence-electron chi connectivity index (χ4n) is 4.81. The van der Waals surface area contributed by atoms with Crippen LogP contribution in [0.1, 0.15) is 66.7 Å². The first-order valence-corrected chi connectivity index (χ1v) is 12.5. The number of carbonyl (C=O) groups is 2. The maximum Gasteiger partial charge on any atom is 0.273 e. The van der Waals surface area contributed by atoms with E-state index in [0.717, 1.165) is 25.7 Å². The molecule has 3 unspecified atom stereocenters. The number of aliphatic hydroxyl groups excluding tert-OH is 1. The van der Waals surface area contributed by atoms with Crippen molar-refractivity contribution in [2.75, 3.05) is 33.9 Å². The zero-order chi connectivity index (χ0) is 25.5. The predicted molar refractivity (Wildman–Crippen MR) is 137 cm³/mol. The highest BCUT2D eigenvalue weighted by atomic mass is 16.5. The molecule has 7 nitrogen and oxygen atoms in total. The maximum atomic E-state index is 12.9. The molecule has 7 heteroatoms. The van der Waals surface area contributed by atoms with Gasteiger partial charge in [0.2, 0.25) is 5.91 Å². The van der Waals surface area contributed by atoms with E-state index in [0.29, 0.717) is 25.4 Å². The molecule has 2 aliphatic rings. The first-order chi connectivity index (χ1) is 16.2. The third kappa shape index (κ3) is 6.25. The molecule has 34 heavy (non-hydrogen) atoms. The summed E-state index contributed by atoms with van der Waals surface area (Å²) < 4.78 is 5.76. The number of rotatable bonds is 9. The highest BCUT2D eigenvalue weighted by Gasteiger charge is 2.40. The van der Waals surface area contributed by atoms with Crippen molar-refractivity contribution >= 4 is 17.6 Å². The standard InChI is InChI=1S/C27H43N3O4/c1-8-21-11-12-22(9-2)14-23(13-21)27(10-3,18-34-7)15-24(28-25(32)17-31)30-16-19(4)29(6)26(33)20(30)5/h11,13-14,19-20,31H,8-10,12,15-18H2,1-7H3/b28-24-. The second-order valence-corrected chi connectivity index (χ2v) is 9.54. The summed E-state index contributed by atoms with van der Waals surface area (Å²) in [6.07, 6.45) is 10.9. The van der Waals surface area contributed by atoms with Crippen LogP contribution in [-0.4, -0.2) is 78.6 Å². The van der Waals surface area contributed by atoms with Gasteiger partial charge in [-0.25, -0.2) is 0 Å². The van der Waals surface area contributed by atoms with Crippen LogP contribution in [-0.2, 0) is 14.3 Å². The van der Waals surface area contributed by atoms with Crippen molar-refractivity contribution in [1.82, 2.24) is 9.80 Å². The Balaban J connectivity index is 2.62. The topological polar surface area (TPSA) is 82.4 Å². The van der Waals surface area contributed by atoms with E-state index < -0.39 is 24.0 Å². The van der Waals surface area contributed by atoms with Crippen LogP contribution in [0.2, 0.25) is 0 Å². The predicted octanol–water partition coefficient (Wildman–Crippen LogP) is 3.89. The van der Waals surface area contributed by atoms with Crippen molar-refractivity contribution in [3.05, 3.63) is 34.9 Å². The molecular formula is C27H43N3O4. The summed E-state index contributed by atoms with van der Waals surface area (Å²) in [5.74, 6) is -0.0652. The number of likely N-dealkylation sites (N-methyl/N-ethyl adjacent to an activating group) is 1. The number of piperazine rings is 1. The van der Waals surface area contributed by atoms with Gasteiger partial charge in [-0.3, -0.25) is 9.59 Å². The van der Waals surface area contributed by atoms with Crippen molar-refractivity contribution in [3.8, 4) is 0 Å². The van der Waals surface area contributed by atoms with E-state index in [1.54, 1.807) is 12.0 Å². The third-order valence-electron chi connectivity index (χ3n) is 7.41. The van der Waals surface area contributed by atoms with Crippen molar-refractivity contribution < 1.29 is 19.4 Å². The summed E-state index contributed by atoms with van der Waals surface area (Å²) in [6.45, 7) is 10.7. The van der Waals surface area contributed by atoms with E-state index in [2.05, 4.69) is 44.0 Å². The van der Waals surface area contributed by atoms with Gasteiger partial charge in [0, 0.05) is 38.6 Å². The van der Waals surface area contributed by atoms with E-state index in [-0.39, 0.29) is 11.9 Å². The van der Waals surface area contributed by atoms with Crippen LogP contribution in [0.25, 0.3) is 0 Å². The van der Waals surface area contributed by atoms with E-state index in [1.807, 2.05) is 25.8 Å². The van der Waals surface area contributed by atoms with Gasteiger partial charge in [-0.05, 0) is 45.1 Å². The summed E-state index contributed by atoms with van der Waals surface area (Å²) in [4.78, 5) is 33.3. The molecule has 0 spiro atoms. The van der Waals surface area contributed by atoms with Gasteiger partial charge in [0.15, 0.2) is 0 Å². The Bertz CT molecular complexity index is 873. The Hall–Kier alpha value is -2.25. The van der Waals surface area contributed by atoms with E-state index in [4.69, 9.17) is 4.74 Å². The molecule has 1 N–H and O–H groups in total. The molecule has 1 heterocycles. The Labute approximate surface area is 205 Å². The molecule has 190 valence electrons. The van der Waals surface area contributed by atoms with Crippen LogP contribution in [0.4, 0.5) is 0 Å². The van der Waals surface area contributed by atoms with Crippen molar-refractivity contribution in [2.45, 2.75) is 78.8 Å². The number of hydrogen-bond donors (Lipinski definition) is 1. The summed E-state index contributed by atoms with van der Waals surface area (Å²) in [5.41, 5.74) is 3.37. The smallest absolute Gasteiger partial charge is 0.273 e. The number of hydrogen-bond acceptors (Lipinski definition) is 4. The van der Waals surface area contributed by atoms with E-state index in [9.17, 15) is 14.7 Å². The molecule has 0 aromatic carbocycles. The molecule has 3 atom stereocenters. The monoisotopic (exact) mass is 473 g/mol. The number of amidine groups is 1. The van der Waals surface area contributed by atoms with Crippen LogP contribution >= 0.6 is 0 Å². The van der Waals surface area contributed by atoms with Gasteiger partial charge < -0.3 is 19.6 Å². The van der Waals surface area contributed by atoms with Gasteiger partial charge in [0.05, 0.1) is 6.61 Å². The van der Waals surface area contributed by atoms with Crippen LogP contribution < -0.4 is 0 Å². The van der Waals surface area contributed by atoms with Crippen LogP contribution in [0, 0.1) is 5.41 Å². The highest BCUT2D eigenvalue weighted by Crippen LogP contribution is 2.41. The molecule has 0 aromatic rings. The lowest BCUT2D eigenvalue weighted by Crippen LogP contribution is -2.60. The van der Waals surface area contributed by atoms with E-state index in [1.165, 1.54) is 16.7 Å². The van der Waals surface area contributed by atoms with Gasteiger partial charge in [-0.1, -0.05) is 50.1 Å². The second kappa shape index (κ2) is 12.5. The molecule has 1 fully saturated rings. The van der Waals surface area contributed by atoms with Crippen molar-refractivity contribution in [3.63, 3.8) is 0 Å². The van der Waals surface area contributed by atoms with Crippen LogP contribution in [0.3, 0.4) is 0 Å². The quantitative estimate of drug-likeness (QED) is 0.406. The Morgan fingerprint density at radius 2 is 1.94 bits per heavy atom. The minimum absolute atomic E-state index is 0.00483. The number of aliphatic imine (C=N–C) groups is 1. The van der Waals surface area contributed by atoms with Crippen LogP contribution in [0.5, 0.6) is 0 Å². The number of nitrogens with zero attached hydrogens (tertiary/aromatic N) is 3. The Morgan fingerprint density at radius 3 is 2.50 bits per heavy atom. The molecule has 0 saturated carbocycles. The van der Waals surface area contributed by atoms with Gasteiger partial charge in [-0.2, -0.15) is 4.99 Å². The molecule has 1 saturated heterocycles. The summed E-state index contributed by atoms with van der Waals surface area (Å²) in [5, 5.41) is 9.47. The lowest BCUT2D eigenvalue weighted by Gasteiger charge is -2.45. The number of carbonyl (C=O) groups excluding carboxylic acids is 2. The third-order valence-corrected chi connectivity index (χ3v) is 7.41. The minimum Gasteiger partial charge on any atom is -0.386 e. The van der Waals surface area contributed by atoms with Crippen LogP contribution in [0.15, 0.2) is 39.9 Å². The highest BCUT2D eigenvalue weighted by molar-refractivity contribution is 5.98. The zero-order valence-corrected chi connectivity index (χ0v) is 22.1. The SMILES string of the molecule is CCC1=CCC(CC)=CC(C(CC)(COC)C/C(=N/C(=O)CO)N2CC(C)N(C)C(=O)C2C)=C1. The maximum absolute atomic E-state index is 12.9. The largest absolute Gasteiger partial charge is 0.386 e. The number of allylic oxidation sites excluding steroid dienone is 5. The summed E-state index contributed by atoms with van der Waals surface area (Å²) in [7, 11) is 3.51. The van der Waals surface area contributed by atoms with E-state index >= 15 is 0 Å². The number of methoxy groups -OCH3 is 1. The Kier molecular flexibility index (Phi) is 10.3. The van der Waals surface area contributed by atoms with Gasteiger partial charge >= 0.3 is 0 Å². The molecule has 2 amide bonds. The fraction of sp³-hybridized carbons (Fsp3) is 0.667. The number of ether oxygens (including phenoxy) is 1. The fourth-order valence-corrected chi connectivity index (χ4v) is 4.81. The normalized spacial score (nSPS) is 23.7. The second-order valence-electron chi connectivity index (χ2n) is 9.54. The average molecular weight is 474 g/mol. The number of amides is 2. The molecule has 0 bridgehead atoms. The van der Waals surface area contributed by atoms with Crippen molar-refractivity contribution in [1.29, 1.82) is 0 Å². The average Bonchev–Trinajstić information content (AvgIpc) is 3.06. The van der Waals surface area contributed by atoms with Gasteiger partial charge in [0.1, 0.15) is 18.5 Å².